The molecule has 0 spiro atoms. The molecule has 0 saturated carbocycles. The van der Waals surface area contributed by atoms with Crippen molar-refractivity contribution in [2.75, 3.05) is 7.11 Å². The maximum absolute atomic E-state index is 6.16. The van der Waals surface area contributed by atoms with E-state index < -0.39 is 0 Å². The van der Waals surface area contributed by atoms with E-state index in [1.165, 1.54) is 13.3 Å². The van der Waals surface area contributed by atoms with Gasteiger partial charge in [-0.2, -0.15) is 0 Å². The minimum atomic E-state index is 0.327. The maximum Gasteiger partial charge on any atom is 0.145 e. The Bertz CT molecular complexity index is 578. The van der Waals surface area contributed by atoms with Crippen molar-refractivity contribution in [3.8, 4) is 16.9 Å². The summed E-state index contributed by atoms with van der Waals surface area (Å²) in [5, 5.41) is 1.64. The monoisotopic (exact) mass is 321 g/mol. The molecule has 1 aromatic carbocycles. The highest BCUT2D eigenvalue weighted by atomic mass is 35.5. The zero-order valence-corrected chi connectivity index (χ0v) is 12.2. The van der Waals surface area contributed by atoms with Gasteiger partial charge in [0, 0.05) is 16.1 Å². The van der Waals surface area contributed by atoms with Crippen molar-refractivity contribution in [2.45, 2.75) is 0 Å². The Morgan fingerprint density at radius 2 is 1.61 bits per heavy atom. The van der Waals surface area contributed by atoms with Crippen molar-refractivity contribution >= 4 is 46.4 Å². The Morgan fingerprint density at radius 3 is 2.17 bits per heavy atom. The smallest absolute Gasteiger partial charge is 0.145 e. The molecule has 1 aromatic heterocycles. The second-order valence-electron chi connectivity index (χ2n) is 3.45. The van der Waals surface area contributed by atoms with Crippen LogP contribution in [-0.2, 0) is 0 Å². The molecule has 2 aromatic rings. The Morgan fingerprint density at radius 1 is 1.00 bits per heavy atom. The maximum atomic E-state index is 6.16. The highest BCUT2D eigenvalue weighted by Gasteiger charge is 2.15. The highest BCUT2D eigenvalue weighted by Crippen LogP contribution is 2.41. The van der Waals surface area contributed by atoms with Gasteiger partial charge in [0.25, 0.3) is 0 Å². The van der Waals surface area contributed by atoms with E-state index in [2.05, 4.69) is 4.98 Å². The van der Waals surface area contributed by atoms with Gasteiger partial charge in [-0.3, -0.25) is 0 Å². The van der Waals surface area contributed by atoms with Crippen LogP contribution < -0.4 is 4.74 Å². The van der Waals surface area contributed by atoms with Gasteiger partial charge < -0.3 is 4.74 Å². The molecule has 2 rings (SSSR count). The Hall–Kier alpha value is -0.670. The summed E-state index contributed by atoms with van der Waals surface area (Å²) in [7, 11) is 1.53. The molecular formula is C12H7Cl4NO. The van der Waals surface area contributed by atoms with Crippen LogP contribution in [0.4, 0.5) is 0 Å². The summed E-state index contributed by atoms with van der Waals surface area (Å²) in [4.78, 5) is 3.94. The SMILES string of the molecule is COc1cnc(Cl)cc1-c1c(Cl)cc(Cl)cc1Cl. The Kier molecular flexibility index (Phi) is 4.23. The first-order valence-electron chi connectivity index (χ1n) is 4.87. The molecular weight excluding hydrogens is 316 g/mol. The van der Waals surface area contributed by atoms with Crippen LogP contribution in [0.3, 0.4) is 0 Å². The molecule has 18 heavy (non-hydrogen) atoms. The van der Waals surface area contributed by atoms with Crippen LogP contribution in [0.1, 0.15) is 0 Å². The Balaban J connectivity index is 2.72. The fraction of sp³-hybridized carbons (Fsp3) is 0.0833. The van der Waals surface area contributed by atoms with Gasteiger partial charge in [0.2, 0.25) is 0 Å². The third kappa shape index (κ3) is 2.67. The van der Waals surface area contributed by atoms with Crippen molar-refractivity contribution in [3.05, 3.63) is 44.6 Å². The summed E-state index contributed by atoms with van der Waals surface area (Å²) in [6.45, 7) is 0. The van der Waals surface area contributed by atoms with Gasteiger partial charge in [-0.25, -0.2) is 4.98 Å². The lowest BCUT2D eigenvalue weighted by Gasteiger charge is -2.12. The van der Waals surface area contributed by atoms with E-state index in [9.17, 15) is 0 Å². The van der Waals surface area contributed by atoms with E-state index in [0.717, 1.165) is 0 Å². The van der Waals surface area contributed by atoms with Gasteiger partial charge in [0.1, 0.15) is 10.9 Å². The van der Waals surface area contributed by atoms with Gasteiger partial charge >= 0.3 is 0 Å². The largest absolute Gasteiger partial charge is 0.494 e. The molecule has 0 bridgehead atoms. The number of halogens is 4. The first-order valence-corrected chi connectivity index (χ1v) is 6.38. The average Bonchev–Trinajstić information content (AvgIpc) is 2.28. The molecule has 0 unspecified atom stereocenters. The lowest BCUT2D eigenvalue weighted by molar-refractivity contribution is 0.414. The molecule has 6 heteroatoms. The van der Waals surface area contributed by atoms with Gasteiger partial charge in [-0.15, -0.1) is 0 Å². The first kappa shape index (κ1) is 13.8. The van der Waals surface area contributed by atoms with E-state index in [4.69, 9.17) is 51.1 Å². The molecule has 0 fully saturated rings. The number of ether oxygens (including phenoxy) is 1. The zero-order valence-electron chi connectivity index (χ0n) is 9.18. The molecule has 2 nitrogen and oxygen atoms in total. The summed E-state index contributed by atoms with van der Waals surface area (Å²) in [5.41, 5.74) is 1.29. The van der Waals surface area contributed by atoms with Crippen LogP contribution in [0.5, 0.6) is 5.75 Å². The third-order valence-electron chi connectivity index (χ3n) is 2.33. The lowest BCUT2D eigenvalue weighted by Crippen LogP contribution is -1.91. The van der Waals surface area contributed by atoms with Gasteiger partial charge in [0.05, 0.1) is 23.4 Å². The molecule has 0 aliphatic carbocycles. The van der Waals surface area contributed by atoms with Crippen LogP contribution >= 0.6 is 46.4 Å². The molecule has 0 saturated heterocycles. The second-order valence-corrected chi connectivity index (χ2v) is 5.09. The number of benzene rings is 1. The summed E-state index contributed by atoms with van der Waals surface area (Å²) in [5.74, 6) is 0.533. The van der Waals surface area contributed by atoms with E-state index in [-0.39, 0.29) is 0 Å². The fourth-order valence-electron chi connectivity index (χ4n) is 1.57. The topological polar surface area (TPSA) is 22.1 Å². The first-order chi connectivity index (χ1) is 8.52. The summed E-state index contributed by atoms with van der Waals surface area (Å²) >= 11 is 24.1. The van der Waals surface area contributed by atoms with Crippen LogP contribution in [-0.4, -0.2) is 12.1 Å². The van der Waals surface area contributed by atoms with Crippen molar-refractivity contribution in [2.24, 2.45) is 0 Å². The zero-order chi connectivity index (χ0) is 13.3. The Labute approximate surface area is 124 Å². The summed E-state index contributed by atoms with van der Waals surface area (Å²) < 4.78 is 5.22. The van der Waals surface area contributed by atoms with Crippen molar-refractivity contribution < 1.29 is 4.74 Å². The van der Waals surface area contributed by atoms with Crippen LogP contribution in [0.2, 0.25) is 20.2 Å². The molecule has 0 amide bonds. The number of aromatic nitrogens is 1. The van der Waals surface area contributed by atoms with Gasteiger partial charge in [-0.1, -0.05) is 46.4 Å². The second kappa shape index (κ2) is 5.54. The molecule has 1 heterocycles. The minimum Gasteiger partial charge on any atom is -0.494 e. The fourth-order valence-corrected chi connectivity index (χ4v) is 2.75. The number of methoxy groups -OCH3 is 1. The summed E-state index contributed by atoms with van der Waals surface area (Å²) in [6.07, 6.45) is 1.51. The predicted molar refractivity (Wildman–Crippen MR) is 76.3 cm³/mol. The van der Waals surface area contributed by atoms with Crippen molar-refractivity contribution in [1.29, 1.82) is 0 Å². The number of nitrogens with zero attached hydrogens (tertiary/aromatic N) is 1. The average molecular weight is 323 g/mol. The van der Waals surface area contributed by atoms with Crippen LogP contribution in [0.15, 0.2) is 24.4 Å². The van der Waals surface area contributed by atoms with E-state index in [0.29, 0.717) is 37.1 Å². The standard InChI is InChI=1S/C12H7Cl4NO/c1-18-10-5-17-11(16)4-7(10)12-8(14)2-6(13)3-9(12)15/h2-5H,1H3. The van der Waals surface area contributed by atoms with E-state index in [1.807, 2.05) is 0 Å². The van der Waals surface area contributed by atoms with Crippen LogP contribution in [0, 0.1) is 0 Å². The third-order valence-corrected chi connectivity index (χ3v) is 3.35. The van der Waals surface area contributed by atoms with Gasteiger partial charge in [-0.05, 0) is 18.2 Å². The number of hydrogen-bond donors (Lipinski definition) is 0. The van der Waals surface area contributed by atoms with Gasteiger partial charge in [0.15, 0.2) is 0 Å². The number of rotatable bonds is 2. The number of pyridine rings is 1. The van der Waals surface area contributed by atoms with E-state index >= 15 is 0 Å². The quantitative estimate of drug-likeness (QED) is 0.693. The molecule has 94 valence electrons. The molecule has 0 N–H and O–H groups in total. The lowest BCUT2D eigenvalue weighted by atomic mass is 10.1. The molecule has 0 radical (unpaired) electrons. The highest BCUT2D eigenvalue weighted by molar-refractivity contribution is 6.42. The number of hydrogen-bond acceptors (Lipinski definition) is 2. The normalized spacial score (nSPS) is 10.5. The van der Waals surface area contributed by atoms with E-state index in [1.54, 1.807) is 18.2 Å². The molecule has 0 aliphatic heterocycles. The molecule has 0 aliphatic rings. The summed E-state index contributed by atoms with van der Waals surface area (Å²) in [6, 6.07) is 4.86. The molecule has 0 atom stereocenters. The van der Waals surface area contributed by atoms with Crippen molar-refractivity contribution in [1.82, 2.24) is 4.98 Å². The van der Waals surface area contributed by atoms with Crippen LogP contribution in [0.25, 0.3) is 11.1 Å². The predicted octanol–water partition coefficient (Wildman–Crippen LogP) is 5.37. The minimum absolute atomic E-state index is 0.327. The van der Waals surface area contributed by atoms with Crippen molar-refractivity contribution in [3.63, 3.8) is 0 Å².